The van der Waals surface area contributed by atoms with E-state index < -0.39 is 27.0 Å². The molecule has 2 rings (SSSR count). The second-order valence-corrected chi connectivity index (χ2v) is 7.80. The van der Waals surface area contributed by atoms with E-state index in [4.69, 9.17) is 0 Å². The van der Waals surface area contributed by atoms with Crippen molar-refractivity contribution in [3.8, 4) is 0 Å². The van der Waals surface area contributed by atoms with Gasteiger partial charge in [-0.05, 0) is 36.8 Å². The Labute approximate surface area is 121 Å². The number of hydrogen-bond acceptors (Lipinski definition) is 4. The number of hydrogen-bond donors (Lipinski definition) is 1. The van der Waals surface area contributed by atoms with Gasteiger partial charge in [0.05, 0.1) is 15.2 Å². The van der Waals surface area contributed by atoms with Gasteiger partial charge in [0.15, 0.2) is 9.84 Å². The first-order valence-corrected chi connectivity index (χ1v) is 9.15. The van der Waals surface area contributed by atoms with E-state index >= 15 is 0 Å². The van der Waals surface area contributed by atoms with E-state index in [9.17, 15) is 22.7 Å². The highest BCUT2D eigenvalue weighted by molar-refractivity contribution is 7.99. The predicted molar refractivity (Wildman–Crippen MR) is 74.5 cm³/mol. The van der Waals surface area contributed by atoms with Crippen LogP contribution in [-0.2, 0) is 20.0 Å². The van der Waals surface area contributed by atoms with Gasteiger partial charge in [0.2, 0.25) is 0 Å². The van der Waals surface area contributed by atoms with Crippen LogP contribution in [0.4, 0.5) is 4.39 Å². The van der Waals surface area contributed by atoms with Crippen LogP contribution in [0.3, 0.4) is 0 Å². The van der Waals surface area contributed by atoms with E-state index in [1.165, 1.54) is 6.07 Å². The maximum absolute atomic E-state index is 14.1. The minimum Gasteiger partial charge on any atom is -0.481 e. The van der Waals surface area contributed by atoms with Crippen molar-refractivity contribution >= 4 is 27.6 Å². The first kappa shape index (κ1) is 15.3. The van der Waals surface area contributed by atoms with Crippen molar-refractivity contribution in [2.24, 2.45) is 0 Å². The second kappa shape index (κ2) is 5.04. The highest BCUT2D eigenvalue weighted by Gasteiger charge is 2.46. The van der Waals surface area contributed by atoms with Gasteiger partial charge in [0, 0.05) is 6.26 Å². The Balaban J connectivity index is 2.69. The highest BCUT2D eigenvalue weighted by Crippen LogP contribution is 2.45. The molecule has 1 fully saturated rings. The SMILES string of the molecule is CSc1c(F)cc(C2(C(=O)O)CCC2)cc1S(C)(=O)=O. The molecule has 20 heavy (non-hydrogen) atoms. The van der Waals surface area contributed by atoms with Crippen LogP contribution < -0.4 is 0 Å². The third kappa shape index (κ3) is 2.33. The van der Waals surface area contributed by atoms with Crippen LogP contribution in [0.1, 0.15) is 24.8 Å². The van der Waals surface area contributed by atoms with Crippen LogP contribution in [0.5, 0.6) is 0 Å². The topological polar surface area (TPSA) is 71.4 Å². The van der Waals surface area contributed by atoms with Crippen molar-refractivity contribution in [1.29, 1.82) is 0 Å². The zero-order valence-electron chi connectivity index (χ0n) is 11.1. The number of carbonyl (C=O) groups is 1. The average Bonchev–Trinajstić information content (AvgIpc) is 2.24. The van der Waals surface area contributed by atoms with Gasteiger partial charge in [-0.2, -0.15) is 0 Å². The molecule has 110 valence electrons. The second-order valence-electron chi connectivity index (χ2n) is 5.00. The fourth-order valence-corrected chi connectivity index (χ4v) is 4.47. The van der Waals surface area contributed by atoms with Crippen LogP contribution >= 0.6 is 11.8 Å². The number of rotatable bonds is 4. The molecule has 1 aromatic carbocycles. The molecule has 0 unspecified atom stereocenters. The summed E-state index contributed by atoms with van der Waals surface area (Å²) in [6.45, 7) is 0. The molecule has 0 bridgehead atoms. The summed E-state index contributed by atoms with van der Waals surface area (Å²) in [6.07, 6.45) is 4.14. The number of thioether (sulfide) groups is 1. The van der Waals surface area contributed by atoms with Crippen molar-refractivity contribution in [3.63, 3.8) is 0 Å². The first-order valence-electron chi connectivity index (χ1n) is 6.04. The van der Waals surface area contributed by atoms with E-state index in [1.54, 1.807) is 6.26 Å². The lowest BCUT2D eigenvalue weighted by atomic mass is 9.64. The molecule has 0 heterocycles. The summed E-state index contributed by atoms with van der Waals surface area (Å²) < 4.78 is 37.7. The monoisotopic (exact) mass is 318 g/mol. The van der Waals surface area contributed by atoms with Crippen LogP contribution in [0, 0.1) is 5.82 Å². The van der Waals surface area contributed by atoms with Gasteiger partial charge in [-0.25, -0.2) is 12.8 Å². The Morgan fingerprint density at radius 2 is 2.00 bits per heavy atom. The fourth-order valence-electron chi connectivity index (χ4n) is 2.47. The molecule has 4 nitrogen and oxygen atoms in total. The Morgan fingerprint density at radius 1 is 1.40 bits per heavy atom. The van der Waals surface area contributed by atoms with Gasteiger partial charge >= 0.3 is 5.97 Å². The normalized spacial score (nSPS) is 17.6. The smallest absolute Gasteiger partial charge is 0.314 e. The zero-order valence-corrected chi connectivity index (χ0v) is 12.8. The van der Waals surface area contributed by atoms with Gasteiger partial charge in [-0.15, -0.1) is 11.8 Å². The molecular weight excluding hydrogens is 303 g/mol. The number of sulfone groups is 1. The van der Waals surface area contributed by atoms with E-state index in [2.05, 4.69) is 0 Å². The summed E-state index contributed by atoms with van der Waals surface area (Å²) >= 11 is 1.00. The van der Waals surface area contributed by atoms with Crippen LogP contribution in [0.15, 0.2) is 21.9 Å². The predicted octanol–water partition coefficient (Wildman–Crippen LogP) is 2.46. The number of benzene rings is 1. The average molecular weight is 318 g/mol. The third-order valence-electron chi connectivity index (χ3n) is 3.78. The van der Waals surface area contributed by atoms with Crippen molar-refractivity contribution in [3.05, 3.63) is 23.5 Å². The van der Waals surface area contributed by atoms with Gasteiger partial charge in [-0.1, -0.05) is 6.42 Å². The van der Waals surface area contributed by atoms with Crippen molar-refractivity contribution in [1.82, 2.24) is 0 Å². The maximum atomic E-state index is 14.1. The third-order valence-corrected chi connectivity index (χ3v) is 5.86. The molecule has 1 saturated carbocycles. The summed E-state index contributed by atoms with van der Waals surface area (Å²) in [5.74, 6) is -1.71. The largest absolute Gasteiger partial charge is 0.481 e. The minimum atomic E-state index is -3.61. The zero-order chi connectivity index (χ0) is 15.1. The molecule has 0 radical (unpaired) electrons. The standard InChI is InChI=1S/C13H15FO4S2/c1-19-11-9(14)6-8(7-10(11)20(2,17)18)13(12(15)16)4-3-5-13/h6-7H,3-5H2,1-2H3,(H,15,16). The Kier molecular flexibility index (Phi) is 3.85. The fraction of sp³-hybridized carbons (Fsp3) is 0.462. The number of halogens is 1. The van der Waals surface area contributed by atoms with E-state index in [0.29, 0.717) is 12.8 Å². The summed E-state index contributed by atoms with van der Waals surface area (Å²) in [5.41, 5.74) is -0.899. The summed E-state index contributed by atoms with van der Waals surface area (Å²) in [7, 11) is -3.61. The van der Waals surface area contributed by atoms with E-state index in [0.717, 1.165) is 30.5 Å². The molecule has 7 heteroatoms. The number of aliphatic carboxylic acids is 1. The van der Waals surface area contributed by atoms with Crippen LogP contribution in [0.2, 0.25) is 0 Å². The number of carboxylic acid groups (broad SMARTS) is 1. The quantitative estimate of drug-likeness (QED) is 0.864. The first-order chi connectivity index (χ1) is 9.22. The molecule has 1 N–H and O–H groups in total. The lowest BCUT2D eigenvalue weighted by Gasteiger charge is -2.38. The Hall–Kier alpha value is -1.08. The summed E-state index contributed by atoms with van der Waals surface area (Å²) in [5, 5.41) is 9.37. The van der Waals surface area contributed by atoms with Gasteiger partial charge in [-0.3, -0.25) is 4.79 Å². The van der Waals surface area contributed by atoms with Crippen LogP contribution in [0.25, 0.3) is 0 Å². The molecule has 1 aliphatic carbocycles. The van der Waals surface area contributed by atoms with Gasteiger partial charge < -0.3 is 5.11 Å². The van der Waals surface area contributed by atoms with E-state index in [-0.39, 0.29) is 15.4 Å². The van der Waals surface area contributed by atoms with Crippen LogP contribution in [-0.4, -0.2) is 32.0 Å². The molecule has 0 saturated heterocycles. The molecule has 1 aliphatic rings. The Morgan fingerprint density at radius 3 is 2.35 bits per heavy atom. The summed E-state index contributed by atoms with van der Waals surface area (Å²) in [6, 6.07) is 2.48. The molecule has 0 amide bonds. The summed E-state index contributed by atoms with van der Waals surface area (Å²) in [4.78, 5) is 11.4. The molecule has 1 aromatic rings. The van der Waals surface area contributed by atoms with E-state index in [1.807, 2.05) is 0 Å². The lowest BCUT2D eigenvalue weighted by Crippen LogP contribution is -2.42. The molecule has 0 atom stereocenters. The van der Waals surface area contributed by atoms with Crippen molar-refractivity contribution < 1.29 is 22.7 Å². The van der Waals surface area contributed by atoms with Gasteiger partial charge in [0.25, 0.3) is 0 Å². The molecule has 0 aromatic heterocycles. The molecular formula is C13H15FO4S2. The minimum absolute atomic E-state index is 0.0381. The number of carboxylic acids is 1. The maximum Gasteiger partial charge on any atom is 0.314 e. The molecule has 0 spiro atoms. The lowest BCUT2D eigenvalue weighted by molar-refractivity contribution is -0.147. The van der Waals surface area contributed by atoms with Gasteiger partial charge in [0.1, 0.15) is 5.82 Å². The highest BCUT2D eigenvalue weighted by atomic mass is 32.2. The van der Waals surface area contributed by atoms with Crippen molar-refractivity contribution in [2.75, 3.05) is 12.5 Å². The molecule has 0 aliphatic heterocycles. The van der Waals surface area contributed by atoms with Crippen molar-refractivity contribution in [2.45, 2.75) is 34.5 Å². The Bertz CT molecular complexity index is 663.